The zero-order valence-electron chi connectivity index (χ0n) is 13.3. The highest BCUT2D eigenvalue weighted by atomic mass is 35.5. The third-order valence-electron chi connectivity index (χ3n) is 3.23. The maximum absolute atomic E-state index is 12.1. The van der Waals surface area contributed by atoms with Crippen LogP contribution in [0, 0.1) is 0 Å². The van der Waals surface area contributed by atoms with Gasteiger partial charge in [-0.1, -0.05) is 29.8 Å². The Hall–Kier alpha value is -2.46. The highest BCUT2D eigenvalue weighted by Gasteiger charge is 2.10. The predicted molar refractivity (Wildman–Crippen MR) is 96.4 cm³/mol. The Labute approximate surface area is 141 Å². The van der Waals surface area contributed by atoms with Crippen LogP contribution in [0.25, 0.3) is 6.08 Å². The molecule has 1 amide bonds. The van der Waals surface area contributed by atoms with Gasteiger partial charge in [-0.25, -0.2) is 0 Å². The molecule has 0 saturated carbocycles. The molecule has 2 aromatic carbocycles. The molecule has 2 aromatic rings. The van der Waals surface area contributed by atoms with E-state index >= 15 is 0 Å². The van der Waals surface area contributed by atoms with E-state index in [0.29, 0.717) is 10.7 Å². The summed E-state index contributed by atoms with van der Waals surface area (Å²) in [4.78, 5) is 14.0. The second kappa shape index (κ2) is 7.70. The number of nitrogens with zero attached hydrogens (tertiary/aromatic N) is 1. The molecule has 0 aliphatic heterocycles. The first kappa shape index (κ1) is 16.9. The Balaban J connectivity index is 2.10. The van der Waals surface area contributed by atoms with E-state index in [9.17, 15) is 4.79 Å². The summed E-state index contributed by atoms with van der Waals surface area (Å²) in [5, 5.41) is 3.44. The van der Waals surface area contributed by atoms with Crippen LogP contribution in [0.1, 0.15) is 5.56 Å². The summed E-state index contributed by atoms with van der Waals surface area (Å²) in [7, 11) is 5.37. The highest BCUT2D eigenvalue weighted by Crippen LogP contribution is 2.32. The average molecular weight is 331 g/mol. The van der Waals surface area contributed by atoms with Gasteiger partial charge in [0.05, 0.1) is 23.5 Å². The molecule has 0 heterocycles. The van der Waals surface area contributed by atoms with Crippen molar-refractivity contribution in [3.63, 3.8) is 0 Å². The number of ether oxygens (including phenoxy) is 1. The van der Waals surface area contributed by atoms with Crippen molar-refractivity contribution in [1.29, 1.82) is 0 Å². The van der Waals surface area contributed by atoms with E-state index in [-0.39, 0.29) is 5.91 Å². The Morgan fingerprint density at radius 3 is 2.48 bits per heavy atom. The maximum Gasteiger partial charge on any atom is 0.248 e. The number of halogens is 1. The van der Waals surface area contributed by atoms with Gasteiger partial charge in [0.15, 0.2) is 0 Å². The molecule has 120 valence electrons. The molecule has 4 nitrogen and oxygen atoms in total. The number of carbonyl (C=O) groups is 1. The first-order valence-electron chi connectivity index (χ1n) is 7.10. The number of hydrogen-bond acceptors (Lipinski definition) is 3. The van der Waals surface area contributed by atoms with Gasteiger partial charge in [-0.15, -0.1) is 0 Å². The molecule has 0 unspecified atom stereocenters. The van der Waals surface area contributed by atoms with E-state index in [1.807, 2.05) is 49.3 Å². The summed E-state index contributed by atoms with van der Waals surface area (Å²) < 4.78 is 5.10. The first-order chi connectivity index (χ1) is 11.0. The Morgan fingerprint density at radius 2 is 1.87 bits per heavy atom. The normalized spacial score (nSPS) is 10.6. The van der Waals surface area contributed by atoms with Crippen molar-refractivity contribution < 1.29 is 9.53 Å². The molecule has 0 aliphatic rings. The lowest BCUT2D eigenvalue weighted by Gasteiger charge is -2.18. The Kier molecular flexibility index (Phi) is 5.66. The van der Waals surface area contributed by atoms with Crippen molar-refractivity contribution in [2.45, 2.75) is 0 Å². The van der Waals surface area contributed by atoms with Crippen LogP contribution in [0.4, 0.5) is 11.4 Å². The minimum absolute atomic E-state index is 0.216. The predicted octanol–water partition coefficient (Wildman–Crippen LogP) is 4.07. The lowest BCUT2D eigenvalue weighted by Crippen LogP contribution is -2.15. The van der Waals surface area contributed by atoms with E-state index in [2.05, 4.69) is 5.32 Å². The van der Waals surface area contributed by atoms with Crippen molar-refractivity contribution >= 4 is 35.0 Å². The largest absolute Gasteiger partial charge is 0.497 e. The number of methoxy groups -OCH3 is 1. The van der Waals surface area contributed by atoms with Gasteiger partial charge >= 0.3 is 0 Å². The monoisotopic (exact) mass is 330 g/mol. The zero-order chi connectivity index (χ0) is 16.8. The standard InChI is InChI=1S/C18H19ClN2O2/c1-21(2)18-15(19)5-4-6-16(18)20-17(22)12-9-13-7-10-14(23-3)11-8-13/h4-12H,1-3H3,(H,20,22)/b12-9+. The van der Waals surface area contributed by atoms with Gasteiger partial charge in [-0.2, -0.15) is 0 Å². The van der Waals surface area contributed by atoms with Gasteiger partial charge in [-0.3, -0.25) is 4.79 Å². The number of nitrogens with one attached hydrogen (secondary N) is 1. The van der Waals surface area contributed by atoms with Gasteiger partial charge < -0.3 is 15.0 Å². The molecule has 23 heavy (non-hydrogen) atoms. The molecule has 0 aromatic heterocycles. The molecule has 2 rings (SSSR count). The van der Waals surface area contributed by atoms with Crippen molar-refractivity contribution in [2.24, 2.45) is 0 Å². The highest BCUT2D eigenvalue weighted by molar-refractivity contribution is 6.34. The summed E-state index contributed by atoms with van der Waals surface area (Å²) in [6.07, 6.45) is 3.23. The van der Waals surface area contributed by atoms with Crippen LogP contribution in [0.5, 0.6) is 5.75 Å². The van der Waals surface area contributed by atoms with Crippen molar-refractivity contribution in [2.75, 3.05) is 31.4 Å². The zero-order valence-corrected chi connectivity index (χ0v) is 14.1. The van der Waals surface area contributed by atoms with E-state index in [0.717, 1.165) is 17.0 Å². The summed E-state index contributed by atoms with van der Waals surface area (Å²) in [5.74, 6) is 0.562. The van der Waals surface area contributed by atoms with E-state index in [1.165, 1.54) is 6.08 Å². The number of rotatable bonds is 5. The number of benzene rings is 2. The van der Waals surface area contributed by atoms with Crippen LogP contribution in [-0.2, 0) is 4.79 Å². The molecule has 0 aliphatic carbocycles. The third kappa shape index (κ3) is 4.50. The number of carbonyl (C=O) groups excluding carboxylic acids is 1. The van der Waals surface area contributed by atoms with Crippen LogP contribution < -0.4 is 15.0 Å². The number of para-hydroxylation sites is 1. The van der Waals surface area contributed by atoms with Gasteiger partial charge in [0.1, 0.15) is 5.75 Å². The molecule has 0 atom stereocenters. The van der Waals surface area contributed by atoms with E-state index in [4.69, 9.17) is 16.3 Å². The van der Waals surface area contributed by atoms with Crippen molar-refractivity contribution in [3.8, 4) is 5.75 Å². The van der Waals surface area contributed by atoms with Gasteiger partial charge in [0.2, 0.25) is 5.91 Å². The average Bonchev–Trinajstić information content (AvgIpc) is 2.53. The topological polar surface area (TPSA) is 41.6 Å². The molecule has 0 radical (unpaired) electrons. The molecule has 0 saturated heterocycles. The third-order valence-corrected chi connectivity index (χ3v) is 3.54. The van der Waals surface area contributed by atoms with Crippen LogP contribution in [0.15, 0.2) is 48.5 Å². The molecular formula is C18H19ClN2O2. The fourth-order valence-electron chi connectivity index (χ4n) is 2.13. The van der Waals surface area contributed by atoms with Crippen LogP contribution in [0.3, 0.4) is 0 Å². The van der Waals surface area contributed by atoms with Gasteiger partial charge in [0.25, 0.3) is 0 Å². The fraction of sp³-hybridized carbons (Fsp3) is 0.167. The second-order valence-electron chi connectivity index (χ2n) is 5.13. The van der Waals surface area contributed by atoms with Gasteiger partial charge in [0, 0.05) is 20.2 Å². The minimum atomic E-state index is -0.216. The molecular weight excluding hydrogens is 312 g/mol. The lowest BCUT2D eigenvalue weighted by atomic mass is 10.2. The Bertz CT molecular complexity index is 709. The number of amides is 1. The maximum atomic E-state index is 12.1. The molecule has 0 bridgehead atoms. The quantitative estimate of drug-likeness (QED) is 0.840. The summed E-state index contributed by atoms with van der Waals surface area (Å²) in [6.45, 7) is 0. The fourth-order valence-corrected chi connectivity index (χ4v) is 2.48. The number of hydrogen-bond donors (Lipinski definition) is 1. The smallest absolute Gasteiger partial charge is 0.248 e. The minimum Gasteiger partial charge on any atom is -0.497 e. The SMILES string of the molecule is COc1ccc(/C=C/C(=O)Nc2cccc(Cl)c2N(C)C)cc1. The molecule has 1 N–H and O–H groups in total. The molecule has 5 heteroatoms. The van der Waals surface area contributed by atoms with Crippen molar-refractivity contribution in [1.82, 2.24) is 0 Å². The Morgan fingerprint density at radius 1 is 1.17 bits per heavy atom. The van der Waals surface area contributed by atoms with E-state index in [1.54, 1.807) is 25.3 Å². The second-order valence-corrected chi connectivity index (χ2v) is 5.53. The number of anilines is 2. The molecule has 0 fully saturated rings. The van der Waals surface area contributed by atoms with E-state index < -0.39 is 0 Å². The van der Waals surface area contributed by atoms with Crippen LogP contribution >= 0.6 is 11.6 Å². The van der Waals surface area contributed by atoms with Crippen molar-refractivity contribution in [3.05, 3.63) is 59.1 Å². The summed E-state index contributed by atoms with van der Waals surface area (Å²) in [6, 6.07) is 12.9. The first-order valence-corrected chi connectivity index (χ1v) is 7.48. The lowest BCUT2D eigenvalue weighted by molar-refractivity contribution is -0.111. The van der Waals surface area contributed by atoms with Gasteiger partial charge in [-0.05, 0) is 35.9 Å². The van der Waals surface area contributed by atoms with Crippen LogP contribution in [0.2, 0.25) is 5.02 Å². The van der Waals surface area contributed by atoms with Crippen LogP contribution in [-0.4, -0.2) is 27.1 Å². The summed E-state index contributed by atoms with van der Waals surface area (Å²) in [5.41, 5.74) is 2.37. The molecule has 0 spiro atoms. The summed E-state index contributed by atoms with van der Waals surface area (Å²) >= 11 is 6.19.